The number of likely N-dealkylation sites (tertiary alicyclic amines) is 2. The highest BCUT2D eigenvalue weighted by Gasteiger charge is 2.25. The highest BCUT2D eigenvalue weighted by atomic mass is 127. The van der Waals surface area contributed by atoms with Crippen LogP contribution in [0.5, 0.6) is 0 Å². The molecule has 0 radical (unpaired) electrons. The molecule has 0 amide bonds. The van der Waals surface area contributed by atoms with Crippen LogP contribution in [0.25, 0.3) is 0 Å². The Hall–Kier alpha value is -0.510. The Morgan fingerprint density at radius 3 is 2.57 bits per heavy atom. The molecule has 170 valence electrons. The SMILES string of the molecule is CCNC(=NCC1CCN(CCOC)CC1)N1CCC(CSc2ccccc2)C1.I. The average molecular weight is 547 g/mol. The van der Waals surface area contributed by atoms with Crippen molar-refractivity contribution in [3.63, 3.8) is 0 Å². The van der Waals surface area contributed by atoms with Gasteiger partial charge in [0, 0.05) is 50.5 Å². The van der Waals surface area contributed by atoms with Crippen molar-refractivity contribution in [3.05, 3.63) is 30.3 Å². The van der Waals surface area contributed by atoms with E-state index in [1.54, 1.807) is 7.11 Å². The molecule has 0 saturated carbocycles. The number of rotatable bonds is 9. The molecule has 0 bridgehead atoms. The predicted octanol–water partition coefficient (Wildman–Crippen LogP) is 4.04. The fourth-order valence-electron chi connectivity index (χ4n) is 4.15. The number of methoxy groups -OCH3 is 1. The second kappa shape index (κ2) is 14.5. The summed E-state index contributed by atoms with van der Waals surface area (Å²) in [6, 6.07) is 10.8. The standard InChI is InChI=1S/C23H38N4OS.HI/c1-3-24-23(25-17-20-9-12-26(13-10-20)15-16-28-2)27-14-11-21(18-27)19-29-22-7-5-4-6-8-22;/h4-8,20-21H,3,9-19H2,1-2H3,(H,24,25);1H. The van der Waals surface area contributed by atoms with Gasteiger partial charge in [-0.05, 0) is 63.2 Å². The van der Waals surface area contributed by atoms with E-state index in [0.717, 1.165) is 57.1 Å². The van der Waals surface area contributed by atoms with E-state index in [0.29, 0.717) is 0 Å². The van der Waals surface area contributed by atoms with Gasteiger partial charge in [0.1, 0.15) is 0 Å². The number of hydrogen-bond donors (Lipinski definition) is 1. The lowest BCUT2D eigenvalue weighted by molar-refractivity contribution is 0.121. The summed E-state index contributed by atoms with van der Waals surface area (Å²) in [5.41, 5.74) is 0. The second-order valence-electron chi connectivity index (χ2n) is 8.20. The highest BCUT2D eigenvalue weighted by molar-refractivity contribution is 14.0. The van der Waals surface area contributed by atoms with E-state index >= 15 is 0 Å². The normalized spacial score (nSPS) is 20.9. The first-order chi connectivity index (χ1) is 14.3. The van der Waals surface area contributed by atoms with Crippen LogP contribution in [-0.4, -0.2) is 81.0 Å². The number of hydrogen-bond acceptors (Lipinski definition) is 4. The maximum absolute atomic E-state index is 5.21. The van der Waals surface area contributed by atoms with E-state index in [2.05, 4.69) is 52.4 Å². The van der Waals surface area contributed by atoms with Gasteiger partial charge < -0.3 is 19.9 Å². The number of aliphatic imine (C=N–C) groups is 1. The molecule has 7 heteroatoms. The van der Waals surface area contributed by atoms with Crippen LogP contribution in [0.4, 0.5) is 0 Å². The van der Waals surface area contributed by atoms with E-state index in [1.807, 2.05) is 11.8 Å². The Kier molecular flexibility index (Phi) is 12.5. The number of piperidine rings is 1. The lowest BCUT2D eigenvalue weighted by atomic mass is 9.97. The van der Waals surface area contributed by atoms with Gasteiger partial charge >= 0.3 is 0 Å². The maximum atomic E-state index is 5.21. The lowest BCUT2D eigenvalue weighted by Crippen LogP contribution is -2.41. The van der Waals surface area contributed by atoms with E-state index in [1.165, 1.54) is 43.0 Å². The summed E-state index contributed by atoms with van der Waals surface area (Å²) in [5.74, 6) is 3.78. The van der Waals surface area contributed by atoms with Crippen LogP contribution in [0.15, 0.2) is 40.2 Å². The fourth-order valence-corrected chi connectivity index (χ4v) is 5.20. The first-order valence-electron chi connectivity index (χ1n) is 11.2. The summed E-state index contributed by atoms with van der Waals surface area (Å²) in [4.78, 5) is 11.4. The first kappa shape index (κ1) is 25.7. The molecule has 30 heavy (non-hydrogen) atoms. The van der Waals surface area contributed by atoms with Crippen molar-refractivity contribution >= 4 is 41.7 Å². The van der Waals surface area contributed by atoms with Gasteiger partial charge in [0.25, 0.3) is 0 Å². The summed E-state index contributed by atoms with van der Waals surface area (Å²) >= 11 is 1.99. The van der Waals surface area contributed by atoms with E-state index in [-0.39, 0.29) is 24.0 Å². The minimum Gasteiger partial charge on any atom is -0.383 e. The summed E-state index contributed by atoms with van der Waals surface area (Å²) in [6.45, 7) is 10.6. The van der Waals surface area contributed by atoms with Gasteiger partial charge in [-0.25, -0.2) is 0 Å². The molecular formula is C23H39IN4OS. The number of nitrogens with zero attached hydrogens (tertiary/aromatic N) is 3. The largest absolute Gasteiger partial charge is 0.383 e. The van der Waals surface area contributed by atoms with E-state index in [4.69, 9.17) is 9.73 Å². The van der Waals surface area contributed by atoms with Crippen molar-refractivity contribution in [3.8, 4) is 0 Å². The van der Waals surface area contributed by atoms with Gasteiger partial charge in [-0.15, -0.1) is 35.7 Å². The number of guanidine groups is 1. The zero-order chi connectivity index (χ0) is 20.3. The number of thioether (sulfide) groups is 1. The van der Waals surface area contributed by atoms with Crippen LogP contribution < -0.4 is 5.32 Å². The molecule has 2 heterocycles. The van der Waals surface area contributed by atoms with Crippen molar-refractivity contribution in [2.75, 3.05) is 65.3 Å². The summed E-state index contributed by atoms with van der Waals surface area (Å²) < 4.78 is 5.21. The van der Waals surface area contributed by atoms with Gasteiger partial charge in [-0.2, -0.15) is 0 Å². The Bertz CT molecular complexity index is 610. The van der Waals surface area contributed by atoms with Crippen LogP contribution in [0, 0.1) is 11.8 Å². The van der Waals surface area contributed by atoms with Gasteiger partial charge in [0.05, 0.1) is 6.61 Å². The molecule has 1 N–H and O–H groups in total. The molecule has 2 fully saturated rings. The third-order valence-electron chi connectivity index (χ3n) is 5.97. The monoisotopic (exact) mass is 546 g/mol. The molecule has 3 rings (SSSR count). The Morgan fingerprint density at radius 1 is 1.13 bits per heavy atom. The van der Waals surface area contributed by atoms with Crippen LogP contribution in [-0.2, 0) is 4.74 Å². The maximum Gasteiger partial charge on any atom is 0.193 e. The van der Waals surface area contributed by atoms with Crippen molar-refractivity contribution < 1.29 is 4.74 Å². The van der Waals surface area contributed by atoms with Gasteiger partial charge in [0.2, 0.25) is 0 Å². The molecule has 2 aliphatic rings. The molecule has 1 unspecified atom stereocenters. The third-order valence-corrected chi connectivity index (χ3v) is 7.21. The minimum atomic E-state index is 0. The Balaban J connectivity index is 0.00000320. The Morgan fingerprint density at radius 2 is 1.87 bits per heavy atom. The van der Waals surface area contributed by atoms with Crippen LogP contribution in [0.2, 0.25) is 0 Å². The molecule has 0 aromatic heterocycles. The van der Waals surface area contributed by atoms with E-state index < -0.39 is 0 Å². The second-order valence-corrected chi connectivity index (χ2v) is 9.29. The summed E-state index contributed by atoms with van der Waals surface area (Å²) in [7, 11) is 1.78. The average Bonchev–Trinajstić information content (AvgIpc) is 3.24. The third kappa shape index (κ3) is 8.55. The van der Waals surface area contributed by atoms with Crippen molar-refractivity contribution in [1.29, 1.82) is 0 Å². The minimum absolute atomic E-state index is 0. The number of nitrogens with one attached hydrogen (secondary N) is 1. The van der Waals surface area contributed by atoms with Gasteiger partial charge in [0.15, 0.2) is 5.96 Å². The van der Waals surface area contributed by atoms with Crippen molar-refractivity contribution in [2.45, 2.75) is 31.1 Å². The highest BCUT2D eigenvalue weighted by Crippen LogP contribution is 2.26. The topological polar surface area (TPSA) is 40.1 Å². The van der Waals surface area contributed by atoms with Gasteiger partial charge in [-0.1, -0.05) is 18.2 Å². The molecular weight excluding hydrogens is 507 g/mol. The molecule has 0 spiro atoms. The summed E-state index contributed by atoms with van der Waals surface area (Å²) in [5, 5.41) is 3.54. The quantitative estimate of drug-likeness (QED) is 0.219. The van der Waals surface area contributed by atoms with E-state index in [9.17, 15) is 0 Å². The van der Waals surface area contributed by atoms with Crippen LogP contribution in [0.3, 0.4) is 0 Å². The molecule has 1 aromatic carbocycles. The summed E-state index contributed by atoms with van der Waals surface area (Å²) in [6.07, 6.45) is 3.77. The van der Waals surface area contributed by atoms with Gasteiger partial charge in [-0.3, -0.25) is 4.99 Å². The number of halogens is 1. The molecule has 1 aromatic rings. The zero-order valence-electron chi connectivity index (χ0n) is 18.6. The molecule has 1 atom stereocenters. The molecule has 2 aliphatic heterocycles. The predicted molar refractivity (Wildman–Crippen MR) is 139 cm³/mol. The van der Waals surface area contributed by atoms with Crippen LogP contribution in [0.1, 0.15) is 26.2 Å². The number of ether oxygens (including phenoxy) is 1. The molecule has 0 aliphatic carbocycles. The first-order valence-corrected chi connectivity index (χ1v) is 12.2. The zero-order valence-corrected chi connectivity index (χ0v) is 21.7. The fraction of sp³-hybridized carbons (Fsp3) is 0.696. The number of benzene rings is 1. The smallest absolute Gasteiger partial charge is 0.193 e. The molecule has 2 saturated heterocycles. The van der Waals surface area contributed by atoms with Crippen molar-refractivity contribution in [1.82, 2.24) is 15.1 Å². The van der Waals surface area contributed by atoms with Crippen molar-refractivity contribution in [2.24, 2.45) is 16.8 Å². The lowest BCUT2D eigenvalue weighted by Gasteiger charge is -2.31. The Labute approximate surface area is 204 Å². The molecule has 5 nitrogen and oxygen atoms in total. The van der Waals surface area contributed by atoms with Crippen LogP contribution >= 0.6 is 35.7 Å².